The number of hydrogen-bond donors (Lipinski definition) is 2. The van der Waals surface area contributed by atoms with Crippen molar-refractivity contribution in [2.75, 3.05) is 39.7 Å². The van der Waals surface area contributed by atoms with E-state index in [1.807, 2.05) is 36.4 Å². The number of hydrogen-bond acceptors (Lipinski definition) is 5. The van der Waals surface area contributed by atoms with Crippen LogP contribution >= 0.6 is 0 Å². The number of nitrogens with one attached hydrogen (secondary N) is 1. The number of anilines is 1. The lowest BCUT2D eigenvalue weighted by molar-refractivity contribution is 0.0977. The van der Waals surface area contributed by atoms with Crippen LogP contribution in [0.1, 0.15) is 31.8 Å². The van der Waals surface area contributed by atoms with Crippen molar-refractivity contribution >= 4 is 17.5 Å². The van der Waals surface area contributed by atoms with Crippen molar-refractivity contribution in [3.63, 3.8) is 0 Å². The molecule has 0 fully saturated rings. The summed E-state index contributed by atoms with van der Waals surface area (Å²) in [5, 5.41) is 2.83. The molecule has 0 radical (unpaired) electrons. The molecule has 3 rings (SSSR count). The van der Waals surface area contributed by atoms with E-state index in [0.717, 1.165) is 37.4 Å². The van der Waals surface area contributed by atoms with Crippen LogP contribution in [0.4, 0.5) is 5.69 Å². The summed E-state index contributed by atoms with van der Waals surface area (Å²) < 4.78 is 10.7. The highest BCUT2D eigenvalue weighted by Crippen LogP contribution is 2.27. The number of likely N-dealkylation sites (N-methyl/N-ethyl adjacent to an activating group) is 1. The maximum atomic E-state index is 12.6. The Kier molecular flexibility index (Phi) is 8.65. The fourth-order valence-electron chi connectivity index (χ4n) is 3.64. The van der Waals surface area contributed by atoms with Gasteiger partial charge < -0.3 is 25.4 Å². The zero-order valence-corrected chi connectivity index (χ0v) is 19.8. The van der Waals surface area contributed by atoms with E-state index in [4.69, 9.17) is 15.2 Å². The Balaban J connectivity index is 1.49. The topological polar surface area (TPSA) is 93.9 Å². The molecule has 3 aromatic carbocycles. The van der Waals surface area contributed by atoms with Crippen LogP contribution in [0.3, 0.4) is 0 Å². The molecule has 0 saturated heterocycles. The minimum Gasteiger partial charge on any atom is -0.493 e. The summed E-state index contributed by atoms with van der Waals surface area (Å²) >= 11 is 0. The number of nitrogens with two attached hydrogens (primary N) is 1. The Labute approximate surface area is 200 Å². The van der Waals surface area contributed by atoms with E-state index < -0.39 is 5.91 Å². The lowest BCUT2D eigenvalue weighted by atomic mass is 10.1. The zero-order chi connectivity index (χ0) is 24.5. The summed E-state index contributed by atoms with van der Waals surface area (Å²) in [6.07, 6.45) is 1.80. The lowest BCUT2D eigenvalue weighted by Crippen LogP contribution is -2.23. The number of amides is 2. The molecule has 0 aromatic heterocycles. The number of primary amides is 1. The minimum absolute atomic E-state index is 0.202. The minimum atomic E-state index is -0.628. The van der Waals surface area contributed by atoms with Crippen molar-refractivity contribution in [3.8, 4) is 11.5 Å². The summed E-state index contributed by atoms with van der Waals surface area (Å²) in [6.45, 7) is 1.83. The molecule has 7 heteroatoms. The molecule has 0 aliphatic heterocycles. The van der Waals surface area contributed by atoms with E-state index in [9.17, 15) is 9.59 Å². The molecule has 3 N–H and O–H groups in total. The van der Waals surface area contributed by atoms with Crippen LogP contribution in [-0.4, -0.2) is 51.1 Å². The van der Waals surface area contributed by atoms with Gasteiger partial charge in [-0.2, -0.15) is 0 Å². The first-order valence-electron chi connectivity index (χ1n) is 11.1. The molecule has 2 amide bonds. The van der Waals surface area contributed by atoms with E-state index in [1.165, 1.54) is 11.1 Å². The van der Waals surface area contributed by atoms with Crippen LogP contribution < -0.4 is 20.5 Å². The SMILES string of the molecule is COc1ccc(CCN(C)CCc2ccc(NC(=O)c3ccccc3C(N)=O)cc2)cc1OC. The van der Waals surface area contributed by atoms with Gasteiger partial charge in [0.1, 0.15) is 0 Å². The van der Waals surface area contributed by atoms with Crippen molar-refractivity contribution in [1.82, 2.24) is 4.90 Å². The second-order valence-electron chi connectivity index (χ2n) is 8.05. The van der Waals surface area contributed by atoms with Gasteiger partial charge in [0, 0.05) is 18.8 Å². The Morgan fingerprint density at radius 2 is 1.41 bits per heavy atom. The van der Waals surface area contributed by atoms with Crippen molar-refractivity contribution < 1.29 is 19.1 Å². The van der Waals surface area contributed by atoms with E-state index in [2.05, 4.69) is 23.3 Å². The fraction of sp³-hybridized carbons (Fsp3) is 0.259. The van der Waals surface area contributed by atoms with E-state index in [1.54, 1.807) is 38.5 Å². The van der Waals surface area contributed by atoms with Gasteiger partial charge in [-0.1, -0.05) is 30.3 Å². The average Bonchev–Trinajstić information content (AvgIpc) is 2.86. The number of ether oxygens (including phenoxy) is 2. The highest BCUT2D eigenvalue weighted by Gasteiger charge is 2.14. The second-order valence-corrected chi connectivity index (χ2v) is 8.05. The van der Waals surface area contributed by atoms with Gasteiger partial charge in [0.15, 0.2) is 11.5 Å². The van der Waals surface area contributed by atoms with Crippen LogP contribution in [0.15, 0.2) is 66.7 Å². The highest BCUT2D eigenvalue weighted by molar-refractivity contribution is 6.11. The quantitative estimate of drug-likeness (QED) is 0.453. The van der Waals surface area contributed by atoms with Crippen molar-refractivity contribution in [2.45, 2.75) is 12.8 Å². The molecule has 178 valence electrons. The third-order valence-electron chi connectivity index (χ3n) is 5.66. The lowest BCUT2D eigenvalue weighted by Gasteiger charge is -2.17. The molecular formula is C27H31N3O4. The summed E-state index contributed by atoms with van der Waals surface area (Å²) in [4.78, 5) is 26.4. The highest BCUT2D eigenvalue weighted by atomic mass is 16.5. The summed E-state index contributed by atoms with van der Waals surface area (Å²) in [5.41, 5.74) is 8.86. The first-order valence-corrected chi connectivity index (χ1v) is 11.1. The average molecular weight is 462 g/mol. The van der Waals surface area contributed by atoms with Crippen LogP contribution in [0.5, 0.6) is 11.5 Å². The maximum absolute atomic E-state index is 12.6. The number of carbonyl (C=O) groups excluding carboxylic acids is 2. The molecular weight excluding hydrogens is 430 g/mol. The number of carbonyl (C=O) groups is 2. The monoisotopic (exact) mass is 461 g/mol. The first kappa shape index (κ1) is 24.8. The summed E-state index contributed by atoms with van der Waals surface area (Å²) in [7, 11) is 5.38. The van der Waals surface area contributed by atoms with Crippen molar-refractivity contribution in [1.29, 1.82) is 0 Å². The Bertz CT molecular complexity index is 1130. The molecule has 0 aliphatic carbocycles. The summed E-state index contributed by atoms with van der Waals surface area (Å²) in [6, 6.07) is 20.2. The zero-order valence-electron chi connectivity index (χ0n) is 19.8. The smallest absolute Gasteiger partial charge is 0.256 e. The number of methoxy groups -OCH3 is 2. The molecule has 34 heavy (non-hydrogen) atoms. The van der Waals surface area contributed by atoms with Crippen LogP contribution in [0.25, 0.3) is 0 Å². The molecule has 7 nitrogen and oxygen atoms in total. The van der Waals surface area contributed by atoms with Gasteiger partial charge in [0.05, 0.1) is 25.3 Å². The van der Waals surface area contributed by atoms with Crippen molar-refractivity contribution in [3.05, 3.63) is 89.0 Å². The Hall–Kier alpha value is -3.84. The Morgan fingerprint density at radius 1 is 0.824 bits per heavy atom. The molecule has 0 bridgehead atoms. The molecule has 3 aromatic rings. The van der Waals surface area contributed by atoms with Gasteiger partial charge in [-0.25, -0.2) is 0 Å². The van der Waals surface area contributed by atoms with Gasteiger partial charge in [0.25, 0.3) is 5.91 Å². The van der Waals surface area contributed by atoms with E-state index in [0.29, 0.717) is 5.69 Å². The number of rotatable bonds is 11. The molecule has 0 saturated carbocycles. The normalized spacial score (nSPS) is 10.7. The maximum Gasteiger partial charge on any atom is 0.256 e. The fourth-order valence-corrected chi connectivity index (χ4v) is 3.64. The molecule has 0 heterocycles. The molecule has 0 unspecified atom stereocenters. The molecule has 0 spiro atoms. The van der Waals surface area contributed by atoms with Gasteiger partial charge in [0.2, 0.25) is 5.91 Å². The number of nitrogens with zero attached hydrogens (tertiary/aromatic N) is 1. The third kappa shape index (κ3) is 6.59. The standard InChI is InChI=1S/C27H31N3O4/c1-30(17-15-20-10-13-24(33-2)25(18-20)34-3)16-14-19-8-11-21(12-9-19)29-27(32)23-7-5-4-6-22(23)26(28)31/h4-13,18H,14-17H2,1-3H3,(H2,28,31)(H,29,32). The van der Waals surface area contributed by atoms with E-state index >= 15 is 0 Å². The molecule has 0 atom stereocenters. The predicted octanol–water partition coefficient (Wildman–Crippen LogP) is 3.77. The molecule has 0 aliphatic rings. The van der Waals surface area contributed by atoms with Crippen LogP contribution in [0, 0.1) is 0 Å². The van der Waals surface area contributed by atoms with Crippen LogP contribution in [0.2, 0.25) is 0 Å². The second kappa shape index (κ2) is 11.9. The van der Waals surface area contributed by atoms with Crippen molar-refractivity contribution in [2.24, 2.45) is 5.73 Å². The predicted molar refractivity (Wildman–Crippen MR) is 134 cm³/mol. The summed E-state index contributed by atoms with van der Waals surface area (Å²) in [5.74, 6) is 0.484. The Morgan fingerprint density at radius 3 is 2.03 bits per heavy atom. The first-order chi connectivity index (χ1) is 16.4. The number of benzene rings is 3. The van der Waals surface area contributed by atoms with Gasteiger partial charge >= 0.3 is 0 Å². The van der Waals surface area contributed by atoms with E-state index in [-0.39, 0.29) is 17.0 Å². The van der Waals surface area contributed by atoms with Gasteiger partial charge in [-0.05, 0) is 67.4 Å². The third-order valence-corrected chi connectivity index (χ3v) is 5.66. The van der Waals surface area contributed by atoms with Gasteiger partial charge in [-0.15, -0.1) is 0 Å². The van der Waals surface area contributed by atoms with Crippen LogP contribution in [-0.2, 0) is 12.8 Å². The van der Waals surface area contributed by atoms with Gasteiger partial charge in [-0.3, -0.25) is 9.59 Å². The largest absolute Gasteiger partial charge is 0.493 e.